The van der Waals surface area contributed by atoms with E-state index in [1.165, 1.54) is 0 Å². The third kappa shape index (κ3) is 9.21. The molecule has 0 aromatic carbocycles. The number of hydrogen-bond donors (Lipinski definition) is 0. The van der Waals surface area contributed by atoms with Crippen molar-refractivity contribution in [2.75, 3.05) is 6.61 Å². The molecule has 0 saturated carbocycles. The minimum Gasteiger partial charge on any atom is -0.455 e. The molecule has 0 aliphatic carbocycles. The number of cyclic esters (lactones) is 1. The molecule has 6 nitrogen and oxygen atoms in total. The number of ether oxygens (including phenoxy) is 5. The lowest BCUT2D eigenvalue weighted by molar-refractivity contribution is -0.275. The van der Waals surface area contributed by atoms with Gasteiger partial charge >= 0.3 is 5.97 Å². The van der Waals surface area contributed by atoms with Gasteiger partial charge in [0.15, 0.2) is 12.2 Å². The van der Waals surface area contributed by atoms with Crippen LogP contribution in [0.25, 0.3) is 0 Å². The maximum atomic E-state index is 12.9. The molecule has 0 spiro atoms. The summed E-state index contributed by atoms with van der Waals surface area (Å²) in [6, 6.07) is 0. The summed E-state index contributed by atoms with van der Waals surface area (Å²) in [5, 5.41) is 0. The quantitative estimate of drug-likeness (QED) is 0.640. The van der Waals surface area contributed by atoms with Gasteiger partial charge in [0.2, 0.25) is 0 Å². The molecule has 0 unspecified atom stereocenters. The van der Waals surface area contributed by atoms with Crippen molar-refractivity contribution in [1.82, 2.24) is 0 Å². The van der Waals surface area contributed by atoms with Crippen LogP contribution in [-0.4, -0.2) is 59.4 Å². The fourth-order valence-electron chi connectivity index (χ4n) is 2.85. The predicted molar refractivity (Wildman–Crippen MR) is 109 cm³/mol. The van der Waals surface area contributed by atoms with Gasteiger partial charge in [-0.15, -0.1) is 0 Å². The molecule has 1 aliphatic heterocycles. The van der Waals surface area contributed by atoms with Crippen LogP contribution in [0.3, 0.4) is 0 Å². The molecule has 166 valence electrons. The van der Waals surface area contributed by atoms with Crippen LogP contribution in [-0.2, 0) is 28.5 Å². The fraction of sp³-hybridized carbons (Fsp3) is 0.955. The summed E-state index contributed by atoms with van der Waals surface area (Å²) >= 11 is 0. The summed E-state index contributed by atoms with van der Waals surface area (Å²) in [6.07, 6.45) is -2.60. The van der Waals surface area contributed by atoms with E-state index < -0.39 is 47.2 Å². The highest BCUT2D eigenvalue weighted by molar-refractivity contribution is 5.77. The SMILES string of the molecule is CC(C)(C)OC[C@H]1OC(=O)[C@H](OC(C)(C)C)[C@@H](OC(C)(C)C)[C@@H]1OC(C)(C)C. The Kier molecular flexibility index (Phi) is 7.77. The molecule has 1 heterocycles. The molecule has 4 atom stereocenters. The van der Waals surface area contributed by atoms with Gasteiger partial charge in [-0.2, -0.15) is 0 Å². The topological polar surface area (TPSA) is 63.2 Å². The van der Waals surface area contributed by atoms with Crippen LogP contribution < -0.4 is 0 Å². The molecule has 1 rings (SSSR count). The summed E-state index contributed by atoms with van der Waals surface area (Å²) in [6.45, 7) is 23.6. The van der Waals surface area contributed by atoms with Gasteiger partial charge in [0, 0.05) is 0 Å². The van der Waals surface area contributed by atoms with Crippen LogP contribution in [0, 0.1) is 0 Å². The molecule has 6 heteroatoms. The van der Waals surface area contributed by atoms with E-state index >= 15 is 0 Å². The van der Waals surface area contributed by atoms with Crippen molar-refractivity contribution in [1.29, 1.82) is 0 Å². The van der Waals surface area contributed by atoms with Gasteiger partial charge in [0.1, 0.15) is 12.2 Å². The maximum Gasteiger partial charge on any atom is 0.338 e. The van der Waals surface area contributed by atoms with Crippen molar-refractivity contribution in [2.24, 2.45) is 0 Å². The molecule has 0 N–H and O–H groups in total. The molecule has 1 fully saturated rings. The highest BCUT2D eigenvalue weighted by Crippen LogP contribution is 2.33. The van der Waals surface area contributed by atoms with Crippen molar-refractivity contribution in [3.63, 3.8) is 0 Å². The van der Waals surface area contributed by atoms with E-state index in [9.17, 15) is 4.79 Å². The van der Waals surface area contributed by atoms with Gasteiger partial charge in [-0.25, -0.2) is 4.79 Å². The van der Waals surface area contributed by atoms with Crippen molar-refractivity contribution < 1.29 is 28.5 Å². The van der Waals surface area contributed by atoms with Crippen molar-refractivity contribution in [3.05, 3.63) is 0 Å². The van der Waals surface area contributed by atoms with Gasteiger partial charge < -0.3 is 23.7 Å². The smallest absolute Gasteiger partial charge is 0.338 e. The average molecular weight is 403 g/mol. The van der Waals surface area contributed by atoms with Crippen LogP contribution in [0.5, 0.6) is 0 Å². The van der Waals surface area contributed by atoms with Crippen LogP contribution in [0.1, 0.15) is 83.1 Å². The normalized spacial score (nSPS) is 27.6. The number of esters is 1. The lowest BCUT2D eigenvalue weighted by Crippen LogP contribution is -2.63. The summed E-state index contributed by atoms with van der Waals surface area (Å²) < 4.78 is 30.4. The molecule has 0 bridgehead atoms. The summed E-state index contributed by atoms with van der Waals surface area (Å²) in [5.74, 6) is -0.444. The van der Waals surface area contributed by atoms with Gasteiger partial charge in [-0.1, -0.05) is 0 Å². The number of carbonyl (C=O) groups is 1. The fourth-order valence-corrected chi connectivity index (χ4v) is 2.85. The minimum absolute atomic E-state index is 0.224. The van der Waals surface area contributed by atoms with Crippen LogP contribution in [0.2, 0.25) is 0 Å². The zero-order valence-corrected chi connectivity index (χ0v) is 20.0. The first-order valence-corrected chi connectivity index (χ1v) is 10.2. The summed E-state index contributed by atoms with van der Waals surface area (Å²) in [5.41, 5.74) is -1.85. The second-order valence-electron chi connectivity index (χ2n) is 11.4. The Balaban J connectivity index is 3.28. The predicted octanol–water partition coefficient (Wildman–Crippen LogP) is 4.28. The monoisotopic (exact) mass is 402 g/mol. The summed E-state index contributed by atoms with van der Waals surface area (Å²) in [4.78, 5) is 12.9. The molecular weight excluding hydrogens is 360 g/mol. The first-order valence-electron chi connectivity index (χ1n) is 10.2. The van der Waals surface area contributed by atoms with Crippen LogP contribution >= 0.6 is 0 Å². The molecular formula is C22H42O6. The molecule has 0 amide bonds. The van der Waals surface area contributed by atoms with Gasteiger partial charge in [0.05, 0.1) is 29.0 Å². The first kappa shape index (κ1) is 25.3. The van der Waals surface area contributed by atoms with Crippen LogP contribution in [0.15, 0.2) is 0 Å². The number of hydrogen-bond acceptors (Lipinski definition) is 6. The second-order valence-corrected chi connectivity index (χ2v) is 11.4. The van der Waals surface area contributed by atoms with E-state index in [4.69, 9.17) is 23.7 Å². The summed E-state index contributed by atoms with van der Waals surface area (Å²) in [7, 11) is 0. The number of rotatable bonds is 5. The Morgan fingerprint density at radius 2 is 1.11 bits per heavy atom. The molecule has 0 aromatic heterocycles. The Morgan fingerprint density at radius 3 is 1.50 bits per heavy atom. The molecule has 1 saturated heterocycles. The van der Waals surface area contributed by atoms with E-state index in [1.807, 2.05) is 83.1 Å². The van der Waals surface area contributed by atoms with Crippen molar-refractivity contribution >= 4 is 5.97 Å². The van der Waals surface area contributed by atoms with Crippen molar-refractivity contribution in [3.8, 4) is 0 Å². The third-order valence-electron chi connectivity index (χ3n) is 3.63. The Bertz CT molecular complexity index is 515. The number of carbonyl (C=O) groups excluding carboxylic acids is 1. The Hall–Kier alpha value is -0.690. The largest absolute Gasteiger partial charge is 0.455 e. The van der Waals surface area contributed by atoms with E-state index in [0.29, 0.717) is 0 Å². The minimum atomic E-state index is -0.877. The lowest BCUT2D eigenvalue weighted by Gasteiger charge is -2.46. The zero-order valence-electron chi connectivity index (χ0n) is 20.0. The Labute approximate surface area is 171 Å². The Morgan fingerprint density at radius 1 is 0.679 bits per heavy atom. The van der Waals surface area contributed by atoms with Gasteiger partial charge in [-0.3, -0.25) is 0 Å². The lowest BCUT2D eigenvalue weighted by atomic mass is 9.96. The molecule has 1 aliphatic rings. The average Bonchev–Trinajstić information content (AvgIpc) is 2.39. The molecule has 0 aromatic rings. The molecule has 0 radical (unpaired) electrons. The maximum absolute atomic E-state index is 12.9. The van der Waals surface area contributed by atoms with E-state index in [0.717, 1.165) is 0 Å². The second kappa shape index (κ2) is 8.58. The van der Waals surface area contributed by atoms with Crippen molar-refractivity contribution in [2.45, 2.75) is 130 Å². The third-order valence-corrected chi connectivity index (χ3v) is 3.63. The van der Waals surface area contributed by atoms with Gasteiger partial charge in [-0.05, 0) is 83.1 Å². The molecule has 28 heavy (non-hydrogen) atoms. The van der Waals surface area contributed by atoms with Crippen LogP contribution in [0.4, 0.5) is 0 Å². The first-order chi connectivity index (χ1) is 12.3. The highest BCUT2D eigenvalue weighted by Gasteiger charge is 2.52. The standard InChI is InChI=1S/C22H42O6/c1-19(2,3)24-13-14-15(26-20(4,5)6)16(27-21(7,8)9)17(18(23)25-14)28-22(10,11)12/h14-17H,13H2,1-12H3/t14-,15-,16+,17-/m1/s1. The van der Waals surface area contributed by atoms with Gasteiger partial charge in [0.25, 0.3) is 0 Å². The van der Waals surface area contributed by atoms with E-state index in [-0.39, 0.29) is 12.2 Å². The highest BCUT2D eigenvalue weighted by atomic mass is 16.7. The zero-order chi connectivity index (χ0) is 22.1. The van der Waals surface area contributed by atoms with E-state index in [1.54, 1.807) is 0 Å². The van der Waals surface area contributed by atoms with E-state index in [2.05, 4.69) is 0 Å².